The Labute approximate surface area is 157 Å². The second kappa shape index (κ2) is 8.22. The van der Waals surface area contributed by atoms with E-state index in [-0.39, 0.29) is 30.8 Å². The highest BCUT2D eigenvalue weighted by Gasteiger charge is 2.40. The maximum Gasteiger partial charge on any atom is 0.335 e. The molecule has 2 N–H and O–H groups in total. The number of carbonyl (C=O) groups is 1. The highest BCUT2D eigenvalue weighted by Crippen LogP contribution is 2.20. The lowest BCUT2D eigenvalue weighted by Gasteiger charge is -2.21. The van der Waals surface area contributed by atoms with E-state index in [1.807, 2.05) is 0 Å². The van der Waals surface area contributed by atoms with Crippen LogP contribution >= 0.6 is 0 Å². The lowest BCUT2D eigenvalue weighted by atomic mass is 10.4. The molecule has 1 saturated heterocycles. The van der Waals surface area contributed by atoms with Crippen LogP contribution in [0.4, 0.5) is 10.7 Å². The van der Waals surface area contributed by atoms with Crippen molar-refractivity contribution in [2.24, 2.45) is 0 Å². The van der Waals surface area contributed by atoms with Crippen molar-refractivity contribution >= 4 is 32.0 Å². The molecule has 0 spiro atoms. The van der Waals surface area contributed by atoms with E-state index in [9.17, 15) is 21.6 Å². The number of amides is 2. The molecule has 0 aromatic carbocycles. The van der Waals surface area contributed by atoms with Gasteiger partial charge in [0.25, 0.3) is 10.0 Å². The van der Waals surface area contributed by atoms with E-state index in [1.165, 1.54) is 20.3 Å². The summed E-state index contributed by atoms with van der Waals surface area (Å²) in [6.45, 7) is 1.52. The van der Waals surface area contributed by atoms with Gasteiger partial charge in [-0.25, -0.2) is 30.7 Å². The van der Waals surface area contributed by atoms with Crippen LogP contribution in [0.2, 0.25) is 0 Å². The molecular formula is C13H21N5O7S2. The average molecular weight is 423 g/mol. The molecule has 1 unspecified atom stereocenters. The van der Waals surface area contributed by atoms with Crippen LogP contribution < -0.4 is 19.5 Å². The Balaban J connectivity index is 2.12. The number of anilines is 1. The molecule has 1 aromatic rings. The normalized spacial score (nSPS) is 16.6. The van der Waals surface area contributed by atoms with Crippen LogP contribution in [0.15, 0.2) is 6.07 Å². The molecule has 1 fully saturated rings. The number of hydrogen-bond acceptors (Lipinski definition) is 9. The zero-order valence-electron chi connectivity index (χ0n) is 15.0. The Bertz CT molecular complexity index is 875. The van der Waals surface area contributed by atoms with E-state index in [2.05, 4.69) is 15.3 Å². The van der Waals surface area contributed by atoms with Crippen LogP contribution in [0.1, 0.15) is 19.8 Å². The summed E-state index contributed by atoms with van der Waals surface area (Å²) in [5.74, 6) is -0.135. The number of aromatic nitrogens is 2. The lowest BCUT2D eigenvalue weighted by Crippen LogP contribution is -2.47. The molecule has 0 bridgehead atoms. The highest BCUT2D eigenvalue weighted by molar-refractivity contribution is 8.07. The van der Waals surface area contributed by atoms with Crippen LogP contribution in [0.25, 0.3) is 0 Å². The summed E-state index contributed by atoms with van der Waals surface area (Å²) in [5.41, 5.74) is 0. The van der Waals surface area contributed by atoms with Crippen LogP contribution in [-0.4, -0.2) is 69.0 Å². The number of nitrogens with zero attached hydrogens (tertiary/aromatic N) is 3. The van der Waals surface area contributed by atoms with Gasteiger partial charge in [-0.05, 0) is 19.8 Å². The molecule has 2 heterocycles. The molecule has 12 nitrogen and oxygen atoms in total. The molecule has 0 saturated carbocycles. The summed E-state index contributed by atoms with van der Waals surface area (Å²) in [4.78, 5) is 19.6. The maximum atomic E-state index is 12.4. The first kappa shape index (κ1) is 21.1. The molecule has 0 aliphatic carbocycles. The summed E-state index contributed by atoms with van der Waals surface area (Å²) in [5, 5.41) is 2.10. The van der Waals surface area contributed by atoms with Gasteiger partial charge < -0.3 is 9.47 Å². The van der Waals surface area contributed by atoms with Crippen molar-refractivity contribution in [3.05, 3.63) is 6.07 Å². The van der Waals surface area contributed by atoms with Crippen molar-refractivity contribution in [1.29, 1.82) is 0 Å². The lowest BCUT2D eigenvalue weighted by molar-refractivity contribution is 0.256. The number of nitrogens with one attached hydrogen (secondary N) is 2. The molecular weight excluding hydrogens is 402 g/mol. The fourth-order valence-electron chi connectivity index (χ4n) is 2.32. The molecule has 2 rings (SSSR count). The Kier molecular flexibility index (Phi) is 6.43. The zero-order chi connectivity index (χ0) is 20.2. The van der Waals surface area contributed by atoms with Gasteiger partial charge in [0.2, 0.25) is 27.7 Å². The molecule has 27 heavy (non-hydrogen) atoms. The Morgan fingerprint density at radius 1 is 1.11 bits per heavy atom. The van der Waals surface area contributed by atoms with E-state index in [0.717, 1.165) is 11.2 Å². The van der Waals surface area contributed by atoms with Crippen LogP contribution in [0, 0.1) is 0 Å². The van der Waals surface area contributed by atoms with E-state index in [1.54, 1.807) is 4.72 Å². The standard InChI is InChI=1S/C13H21N5O7S2/c1-9(27(22,23)18-6-4-5-7-18)26(20,21)17-13(19)16-12-14-10(24-2)8-11(15-12)25-3/h8-9H,4-7H2,1-3H3,(H2,14,15,16,17,19). The molecule has 1 aliphatic heterocycles. The van der Waals surface area contributed by atoms with Crippen molar-refractivity contribution < 1.29 is 31.1 Å². The van der Waals surface area contributed by atoms with Crippen LogP contribution in [-0.2, 0) is 20.0 Å². The predicted molar refractivity (Wildman–Crippen MR) is 95.4 cm³/mol. The van der Waals surface area contributed by atoms with Gasteiger partial charge >= 0.3 is 6.03 Å². The molecule has 0 radical (unpaired) electrons. The average Bonchev–Trinajstić information content (AvgIpc) is 3.15. The molecule has 1 aromatic heterocycles. The Hall–Kier alpha value is -2.19. The fourth-order valence-corrected chi connectivity index (χ4v) is 5.77. The summed E-state index contributed by atoms with van der Waals surface area (Å²) in [6, 6.07) is 0.138. The topological polar surface area (TPSA) is 157 Å². The summed E-state index contributed by atoms with van der Waals surface area (Å²) < 4.78 is 60.2. The quantitative estimate of drug-likeness (QED) is 0.601. The van der Waals surface area contributed by atoms with E-state index >= 15 is 0 Å². The maximum absolute atomic E-state index is 12.4. The van der Waals surface area contributed by atoms with Crippen molar-refractivity contribution in [3.8, 4) is 11.8 Å². The number of urea groups is 1. The zero-order valence-corrected chi connectivity index (χ0v) is 16.6. The Morgan fingerprint density at radius 3 is 2.11 bits per heavy atom. The number of sulfonamides is 2. The highest BCUT2D eigenvalue weighted by atomic mass is 32.3. The Morgan fingerprint density at radius 2 is 1.63 bits per heavy atom. The SMILES string of the molecule is COc1cc(OC)nc(NC(=O)NS(=O)(=O)C(C)S(=O)(=O)N2CCCC2)n1. The fraction of sp³-hybridized carbons (Fsp3) is 0.615. The first-order valence-corrected chi connectivity index (χ1v) is 10.9. The summed E-state index contributed by atoms with van der Waals surface area (Å²) in [7, 11) is -5.95. The monoisotopic (exact) mass is 423 g/mol. The minimum atomic E-state index is -4.52. The van der Waals surface area contributed by atoms with E-state index in [4.69, 9.17) is 9.47 Å². The second-order valence-corrected chi connectivity index (χ2v) is 10.1. The third-order valence-electron chi connectivity index (χ3n) is 3.84. The first-order valence-electron chi connectivity index (χ1n) is 7.89. The van der Waals surface area contributed by atoms with Crippen molar-refractivity contribution in [2.45, 2.75) is 24.3 Å². The number of methoxy groups -OCH3 is 2. The van der Waals surface area contributed by atoms with Gasteiger partial charge in [-0.2, -0.15) is 9.97 Å². The summed E-state index contributed by atoms with van der Waals surface area (Å²) in [6.07, 6.45) is 1.32. The van der Waals surface area contributed by atoms with Gasteiger partial charge in [-0.3, -0.25) is 5.32 Å². The van der Waals surface area contributed by atoms with Gasteiger partial charge in [-0.15, -0.1) is 0 Å². The van der Waals surface area contributed by atoms with Gasteiger partial charge in [0.05, 0.1) is 20.3 Å². The van der Waals surface area contributed by atoms with Gasteiger partial charge in [0.1, 0.15) is 0 Å². The van der Waals surface area contributed by atoms with Crippen molar-refractivity contribution in [1.82, 2.24) is 19.0 Å². The number of rotatable bonds is 7. The van der Waals surface area contributed by atoms with Crippen LogP contribution in [0.5, 0.6) is 11.8 Å². The van der Waals surface area contributed by atoms with Gasteiger partial charge in [-0.1, -0.05) is 0 Å². The number of carbonyl (C=O) groups excluding carboxylic acids is 1. The smallest absolute Gasteiger partial charge is 0.335 e. The summed E-state index contributed by atoms with van der Waals surface area (Å²) >= 11 is 0. The van der Waals surface area contributed by atoms with Crippen LogP contribution in [0.3, 0.4) is 0 Å². The minimum absolute atomic E-state index is 0.0741. The van der Waals surface area contributed by atoms with Crippen molar-refractivity contribution in [3.63, 3.8) is 0 Å². The molecule has 1 atom stereocenters. The molecule has 152 valence electrons. The second-order valence-electron chi connectivity index (χ2n) is 5.60. The van der Waals surface area contributed by atoms with Gasteiger partial charge in [0, 0.05) is 13.1 Å². The largest absolute Gasteiger partial charge is 0.481 e. The van der Waals surface area contributed by atoms with E-state index < -0.39 is 30.7 Å². The van der Waals surface area contributed by atoms with Crippen molar-refractivity contribution in [2.75, 3.05) is 32.6 Å². The van der Waals surface area contributed by atoms with E-state index in [0.29, 0.717) is 12.8 Å². The minimum Gasteiger partial charge on any atom is -0.481 e. The number of ether oxygens (including phenoxy) is 2. The third kappa shape index (κ3) is 4.95. The number of hydrogen-bond donors (Lipinski definition) is 2. The predicted octanol–water partition coefficient (Wildman–Crippen LogP) is -0.283. The third-order valence-corrected chi connectivity index (χ3v) is 8.60. The molecule has 2 amide bonds. The molecule has 14 heteroatoms. The first-order chi connectivity index (χ1) is 12.6. The van der Waals surface area contributed by atoms with Gasteiger partial charge in [0.15, 0.2) is 4.58 Å². The molecule has 1 aliphatic rings.